The minimum Gasteiger partial charge on any atom is -0.463 e. The molecular weight excluding hydrogens is 544 g/mol. The lowest BCUT2D eigenvalue weighted by Crippen LogP contribution is -2.66. The fourth-order valence-electron chi connectivity index (χ4n) is 4.73. The van der Waals surface area contributed by atoms with Gasteiger partial charge in [0.05, 0.1) is 11.1 Å². The average molecular weight is 569 g/mol. The number of benzene rings is 2. The summed E-state index contributed by atoms with van der Waals surface area (Å²) in [6, 6.07) is 12.0. The number of carbonyl (C=O) groups excluding carboxylic acids is 5. The molecule has 2 aliphatic rings. The maximum Gasteiger partial charge on any atom is 0.303 e. The molecule has 1 saturated heterocycles. The van der Waals surface area contributed by atoms with Gasteiger partial charge in [-0.2, -0.15) is 0 Å². The quantitative estimate of drug-likeness (QED) is 0.234. The van der Waals surface area contributed by atoms with Crippen LogP contribution in [0, 0.1) is 0 Å². The number of nitrogens with zero attached hydrogens (tertiary/aromatic N) is 2. The van der Waals surface area contributed by atoms with Gasteiger partial charge in [-0.05, 0) is 36.0 Å². The van der Waals surface area contributed by atoms with E-state index in [0.717, 1.165) is 30.5 Å². The van der Waals surface area contributed by atoms with Crippen molar-refractivity contribution >= 4 is 52.6 Å². The molecule has 0 bridgehead atoms. The van der Waals surface area contributed by atoms with E-state index < -0.39 is 59.5 Å². The first-order valence-corrected chi connectivity index (χ1v) is 13.1. The zero-order chi connectivity index (χ0) is 28.6. The van der Waals surface area contributed by atoms with Crippen LogP contribution >= 0.6 is 11.8 Å². The number of oxazole rings is 1. The lowest BCUT2D eigenvalue weighted by molar-refractivity contribution is -0.217. The first kappa shape index (κ1) is 27.3. The summed E-state index contributed by atoms with van der Waals surface area (Å²) in [6.07, 6.45) is -3.86. The summed E-state index contributed by atoms with van der Waals surface area (Å²) < 4.78 is 28.4. The third-order valence-electron chi connectivity index (χ3n) is 6.28. The van der Waals surface area contributed by atoms with Crippen molar-refractivity contribution < 1.29 is 47.3 Å². The molecule has 0 unspecified atom stereocenters. The number of ether oxygens (including phenoxy) is 4. The van der Waals surface area contributed by atoms with Gasteiger partial charge in [0.25, 0.3) is 17.0 Å². The molecule has 2 aromatic carbocycles. The van der Waals surface area contributed by atoms with E-state index in [9.17, 15) is 24.0 Å². The number of esters is 3. The molecule has 0 aliphatic carbocycles. The second kappa shape index (κ2) is 11.1. The number of amides is 2. The molecule has 12 nitrogen and oxygen atoms in total. The molecule has 1 fully saturated rings. The number of para-hydroxylation sites is 2. The van der Waals surface area contributed by atoms with Crippen molar-refractivity contribution in [2.24, 2.45) is 0 Å². The monoisotopic (exact) mass is 568 g/mol. The van der Waals surface area contributed by atoms with Crippen LogP contribution in [0.5, 0.6) is 0 Å². The Morgan fingerprint density at radius 1 is 0.875 bits per heavy atom. The van der Waals surface area contributed by atoms with Gasteiger partial charge >= 0.3 is 17.9 Å². The second-order valence-electron chi connectivity index (χ2n) is 9.08. The lowest BCUT2D eigenvalue weighted by atomic mass is 9.96. The molecule has 2 amide bonds. The average Bonchev–Trinajstić information content (AvgIpc) is 3.42. The molecule has 40 heavy (non-hydrogen) atoms. The number of carbonyl (C=O) groups is 5. The molecule has 5 atom stereocenters. The van der Waals surface area contributed by atoms with E-state index in [4.69, 9.17) is 23.4 Å². The number of hydrogen-bond acceptors (Lipinski definition) is 12. The number of thioether (sulfide) groups is 1. The maximum absolute atomic E-state index is 13.6. The fourth-order valence-corrected chi connectivity index (χ4v) is 5.84. The first-order valence-electron chi connectivity index (χ1n) is 12.3. The zero-order valence-corrected chi connectivity index (χ0v) is 22.4. The summed E-state index contributed by atoms with van der Waals surface area (Å²) in [6.45, 7) is 3.11. The molecule has 3 heterocycles. The van der Waals surface area contributed by atoms with Gasteiger partial charge in [-0.25, -0.2) is 4.98 Å². The molecule has 5 rings (SSSR count). The zero-order valence-electron chi connectivity index (χ0n) is 21.6. The molecule has 0 spiro atoms. The van der Waals surface area contributed by atoms with E-state index in [1.807, 2.05) is 0 Å². The minimum atomic E-state index is -1.39. The van der Waals surface area contributed by atoms with E-state index in [-0.39, 0.29) is 23.0 Å². The molecule has 2 aliphatic heterocycles. The molecule has 1 aromatic heterocycles. The largest absolute Gasteiger partial charge is 0.463 e. The first-order chi connectivity index (χ1) is 19.1. The summed E-state index contributed by atoms with van der Waals surface area (Å²) in [5, 5.41) is 0.145. The topological polar surface area (TPSA) is 152 Å². The highest BCUT2D eigenvalue weighted by atomic mass is 32.2. The maximum atomic E-state index is 13.6. The van der Waals surface area contributed by atoms with Crippen LogP contribution in [0.15, 0.2) is 58.2 Å². The Morgan fingerprint density at radius 2 is 1.48 bits per heavy atom. The Balaban J connectivity index is 1.61. The van der Waals surface area contributed by atoms with Crippen LogP contribution in [0.1, 0.15) is 41.5 Å². The summed E-state index contributed by atoms with van der Waals surface area (Å²) in [5.74, 6) is -3.42. The normalized spacial score (nSPS) is 24.1. The molecule has 13 heteroatoms. The van der Waals surface area contributed by atoms with E-state index in [0.29, 0.717) is 11.1 Å². The van der Waals surface area contributed by atoms with Crippen LogP contribution in [-0.2, 0) is 33.3 Å². The van der Waals surface area contributed by atoms with Crippen molar-refractivity contribution in [3.05, 3.63) is 59.7 Å². The second-order valence-corrected chi connectivity index (χ2v) is 10.1. The Bertz CT molecular complexity index is 1440. The van der Waals surface area contributed by atoms with E-state index in [1.54, 1.807) is 36.4 Å². The lowest BCUT2D eigenvalue weighted by Gasteiger charge is -2.46. The van der Waals surface area contributed by atoms with Crippen molar-refractivity contribution in [1.29, 1.82) is 0 Å². The smallest absolute Gasteiger partial charge is 0.303 e. The van der Waals surface area contributed by atoms with Gasteiger partial charge in [-0.1, -0.05) is 24.3 Å². The van der Waals surface area contributed by atoms with Crippen molar-refractivity contribution in [1.82, 2.24) is 9.88 Å². The van der Waals surface area contributed by atoms with Crippen LogP contribution in [0.4, 0.5) is 0 Å². The molecule has 0 radical (unpaired) electrons. The van der Waals surface area contributed by atoms with Crippen molar-refractivity contribution in [2.75, 3.05) is 6.61 Å². The number of fused-ring (bicyclic) bond motifs is 2. The molecule has 0 N–H and O–H groups in total. The van der Waals surface area contributed by atoms with Gasteiger partial charge in [0.1, 0.15) is 29.7 Å². The number of imide groups is 1. The third kappa shape index (κ3) is 5.29. The van der Waals surface area contributed by atoms with E-state index in [1.165, 1.54) is 19.1 Å². The number of rotatable bonds is 7. The summed E-state index contributed by atoms with van der Waals surface area (Å²) in [4.78, 5) is 68.6. The fraction of sp³-hybridized carbons (Fsp3) is 0.333. The van der Waals surface area contributed by atoms with Crippen LogP contribution in [-0.4, -0.2) is 76.0 Å². The predicted molar refractivity (Wildman–Crippen MR) is 137 cm³/mol. The highest BCUT2D eigenvalue weighted by molar-refractivity contribution is 7.99. The van der Waals surface area contributed by atoms with Gasteiger partial charge in [0, 0.05) is 20.8 Å². The Kier molecular flexibility index (Phi) is 7.59. The van der Waals surface area contributed by atoms with Gasteiger partial charge in [0.15, 0.2) is 17.8 Å². The molecular formula is C27H24N2O10S. The van der Waals surface area contributed by atoms with E-state index in [2.05, 4.69) is 4.98 Å². The summed E-state index contributed by atoms with van der Waals surface area (Å²) in [5.41, 5.74) is 0.219. The van der Waals surface area contributed by atoms with E-state index >= 15 is 0 Å². The van der Waals surface area contributed by atoms with Crippen LogP contribution in [0.2, 0.25) is 0 Å². The molecule has 3 aromatic rings. The Morgan fingerprint density at radius 3 is 2.08 bits per heavy atom. The SMILES string of the molecule is CC(=O)OC[C@H]1O[C@@H](Sc2nc3ccccc3o2)[C@H](N2C(=O)c3ccccc3C2=O)[C@@H](OC(C)=O)[C@@H]1OC(C)=O. The van der Waals surface area contributed by atoms with Gasteiger partial charge < -0.3 is 23.4 Å². The van der Waals surface area contributed by atoms with Crippen LogP contribution < -0.4 is 0 Å². The molecule has 208 valence electrons. The Hall–Kier alpha value is -4.23. The van der Waals surface area contributed by atoms with Gasteiger partial charge in [0.2, 0.25) is 0 Å². The van der Waals surface area contributed by atoms with Gasteiger partial charge in [-0.3, -0.25) is 28.9 Å². The highest BCUT2D eigenvalue weighted by Crippen LogP contribution is 2.41. The summed E-state index contributed by atoms with van der Waals surface area (Å²) in [7, 11) is 0. The third-order valence-corrected chi connectivity index (χ3v) is 7.28. The number of aromatic nitrogens is 1. The Labute approximate surface area is 231 Å². The van der Waals surface area contributed by atoms with Gasteiger partial charge in [-0.15, -0.1) is 0 Å². The highest BCUT2D eigenvalue weighted by Gasteiger charge is 2.57. The minimum absolute atomic E-state index is 0.145. The van der Waals surface area contributed by atoms with Crippen molar-refractivity contribution in [3.8, 4) is 0 Å². The summed E-state index contributed by atoms with van der Waals surface area (Å²) >= 11 is 0.939. The standard InChI is InChI=1S/C27H24N2O10S/c1-13(30)35-12-20-22(36-14(2)31)23(37-15(3)32)21(29-24(33)16-8-4-5-9-17(16)25(29)34)26(38-20)40-27-28-18-10-6-7-11-19(18)39-27/h4-11,20-23,26H,12H2,1-3H3/t20-,21-,22-,23-,26+/m1/s1. The van der Waals surface area contributed by atoms with Crippen LogP contribution in [0.25, 0.3) is 11.1 Å². The predicted octanol–water partition coefficient (Wildman–Crippen LogP) is 2.74. The van der Waals surface area contributed by atoms with Crippen molar-refractivity contribution in [2.45, 2.75) is 55.8 Å². The van der Waals surface area contributed by atoms with Crippen molar-refractivity contribution in [3.63, 3.8) is 0 Å². The molecule has 0 saturated carbocycles. The van der Waals surface area contributed by atoms with Crippen LogP contribution in [0.3, 0.4) is 0 Å². The number of hydrogen-bond donors (Lipinski definition) is 0.